The molecule has 0 radical (unpaired) electrons. The van der Waals surface area contributed by atoms with Crippen LogP contribution in [0.4, 0.5) is 11.4 Å². The van der Waals surface area contributed by atoms with Gasteiger partial charge in [-0.05, 0) is 42.0 Å². The molecular weight excluding hydrogens is 327 g/mol. The highest BCUT2D eigenvalue weighted by Crippen LogP contribution is 2.33. The number of benzene rings is 2. The van der Waals surface area contributed by atoms with Gasteiger partial charge < -0.3 is 10.6 Å². The molecule has 0 aromatic heterocycles. The summed E-state index contributed by atoms with van der Waals surface area (Å²) in [6.07, 6.45) is 0. The average molecular weight is 339 g/mol. The monoisotopic (exact) mass is 338 g/mol. The number of nitrogens with one attached hydrogen (secondary N) is 2. The van der Waals surface area contributed by atoms with Crippen LogP contribution in [-0.4, -0.2) is 11.7 Å². The largest absolute Gasteiger partial charge is 0.381 e. The van der Waals surface area contributed by atoms with E-state index in [1.807, 2.05) is 30.3 Å². The third-order valence-corrected chi connectivity index (χ3v) is 4.54. The predicted octanol–water partition coefficient (Wildman–Crippen LogP) is 4.65. The fraction of sp³-hybridized carbons (Fsp3) is 0.133. The third-order valence-electron chi connectivity index (χ3n) is 3.03. The van der Waals surface area contributed by atoms with Crippen LogP contribution in [0.15, 0.2) is 41.3 Å². The number of amides is 1. The number of hydrogen-bond acceptors (Lipinski definition) is 3. The molecule has 0 saturated carbocycles. The topological polar surface area (TPSA) is 41.1 Å². The zero-order valence-corrected chi connectivity index (χ0v) is 13.3. The Morgan fingerprint density at radius 2 is 1.90 bits per heavy atom. The molecule has 2 N–H and O–H groups in total. The fourth-order valence-electron chi connectivity index (χ4n) is 2.11. The number of thioether (sulfide) groups is 1. The second kappa shape index (κ2) is 6.18. The van der Waals surface area contributed by atoms with E-state index in [-0.39, 0.29) is 5.91 Å². The van der Waals surface area contributed by atoms with Gasteiger partial charge in [0.2, 0.25) is 5.91 Å². The van der Waals surface area contributed by atoms with Crippen molar-refractivity contribution in [3.8, 4) is 0 Å². The maximum atomic E-state index is 11.4. The van der Waals surface area contributed by atoms with Crippen LogP contribution >= 0.6 is 35.0 Å². The predicted molar refractivity (Wildman–Crippen MR) is 89.6 cm³/mol. The Labute approximate surface area is 137 Å². The van der Waals surface area contributed by atoms with Gasteiger partial charge in [-0.15, -0.1) is 11.8 Å². The number of halogens is 2. The number of rotatable bonds is 3. The zero-order chi connectivity index (χ0) is 14.8. The van der Waals surface area contributed by atoms with E-state index in [0.29, 0.717) is 22.3 Å². The molecule has 0 atom stereocenters. The first kappa shape index (κ1) is 14.6. The van der Waals surface area contributed by atoms with Gasteiger partial charge in [0.05, 0.1) is 11.4 Å². The normalized spacial score (nSPS) is 13.5. The maximum absolute atomic E-state index is 11.4. The van der Waals surface area contributed by atoms with E-state index in [0.717, 1.165) is 21.8 Å². The van der Waals surface area contributed by atoms with Gasteiger partial charge in [0.15, 0.2) is 0 Å². The Morgan fingerprint density at radius 3 is 2.67 bits per heavy atom. The maximum Gasteiger partial charge on any atom is 0.234 e. The first-order valence-corrected chi connectivity index (χ1v) is 8.10. The van der Waals surface area contributed by atoms with Gasteiger partial charge in [-0.1, -0.05) is 23.2 Å². The highest BCUT2D eigenvalue weighted by atomic mass is 35.5. The molecule has 6 heteroatoms. The first-order valence-electron chi connectivity index (χ1n) is 6.36. The molecule has 1 heterocycles. The molecule has 108 valence electrons. The van der Waals surface area contributed by atoms with Crippen LogP contribution in [0.3, 0.4) is 0 Å². The van der Waals surface area contributed by atoms with E-state index in [1.165, 1.54) is 0 Å². The van der Waals surface area contributed by atoms with E-state index in [9.17, 15) is 4.79 Å². The van der Waals surface area contributed by atoms with Crippen LogP contribution in [0.2, 0.25) is 10.0 Å². The Hall–Kier alpha value is -1.36. The molecule has 0 saturated heterocycles. The standard InChI is InChI=1S/C15H12Cl2N2OS/c16-10-3-9(4-11(17)5-10)7-18-12-1-2-14-13(6-12)19-15(20)8-21-14/h1-6,18H,7-8H2,(H,19,20). The first-order chi connectivity index (χ1) is 10.1. The summed E-state index contributed by atoms with van der Waals surface area (Å²) in [6.45, 7) is 0.611. The van der Waals surface area contributed by atoms with Crippen molar-refractivity contribution < 1.29 is 4.79 Å². The van der Waals surface area contributed by atoms with Crippen LogP contribution in [0, 0.1) is 0 Å². The van der Waals surface area contributed by atoms with E-state index in [4.69, 9.17) is 23.2 Å². The third kappa shape index (κ3) is 3.64. The minimum atomic E-state index is 0.0336. The molecule has 0 fully saturated rings. The lowest BCUT2D eigenvalue weighted by atomic mass is 10.2. The molecule has 21 heavy (non-hydrogen) atoms. The van der Waals surface area contributed by atoms with Crippen molar-refractivity contribution in [3.05, 3.63) is 52.0 Å². The summed E-state index contributed by atoms with van der Waals surface area (Å²) >= 11 is 13.5. The Balaban J connectivity index is 1.73. The smallest absolute Gasteiger partial charge is 0.234 e. The number of fused-ring (bicyclic) bond motifs is 1. The second-order valence-electron chi connectivity index (χ2n) is 4.68. The molecule has 2 aromatic rings. The van der Waals surface area contributed by atoms with Gasteiger partial charge in [0, 0.05) is 27.2 Å². The summed E-state index contributed by atoms with van der Waals surface area (Å²) in [5.74, 6) is 0.507. The molecule has 3 rings (SSSR count). The van der Waals surface area contributed by atoms with Crippen LogP contribution in [0.5, 0.6) is 0 Å². The van der Waals surface area contributed by atoms with Crippen LogP contribution in [0.1, 0.15) is 5.56 Å². The van der Waals surface area contributed by atoms with Crippen molar-refractivity contribution in [2.75, 3.05) is 16.4 Å². The fourth-order valence-corrected chi connectivity index (χ4v) is 3.47. The quantitative estimate of drug-likeness (QED) is 0.855. The van der Waals surface area contributed by atoms with Crippen molar-refractivity contribution in [3.63, 3.8) is 0 Å². The van der Waals surface area contributed by atoms with Crippen LogP contribution in [-0.2, 0) is 11.3 Å². The summed E-state index contributed by atoms with van der Waals surface area (Å²) in [4.78, 5) is 12.5. The lowest BCUT2D eigenvalue weighted by Gasteiger charge is -2.17. The van der Waals surface area contributed by atoms with E-state index < -0.39 is 0 Å². The van der Waals surface area contributed by atoms with Crippen molar-refractivity contribution in [1.82, 2.24) is 0 Å². The molecule has 1 aliphatic heterocycles. The van der Waals surface area contributed by atoms with Crippen LogP contribution in [0.25, 0.3) is 0 Å². The number of hydrogen-bond donors (Lipinski definition) is 2. The summed E-state index contributed by atoms with van der Waals surface area (Å²) in [6, 6.07) is 11.4. The van der Waals surface area contributed by atoms with E-state index in [2.05, 4.69) is 10.6 Å². The Kier molecular flexibility index (Phi) is 4.29. The lowest BCUT2D eigenvalue weighted by Crippen LogP contribution is -2.18. The lowest BCUT2D eigenvalue weighted by molar-refractivity contribution is -0.113. The van der Waals surface area contributed by atoms with Crippen molar-refractivity contribution in [2.24, 2.45) is 0 Å². The van der Waals surface area contributed by atoms with Gasteiger partial charge in [-0.3, -0.25) is 4.79 Å². The number of carbonyl (C=O) groups is 1. The average Bonchev–Trinajstić information content (AvgIpc) is 2.43. The highest BCUT2D eigenvalue weighted by Gasteiger charge is 2.15. The van der Waals surface area contributed by atoms with E-state index >= 15 is 0 Å². The van der Waals surface area contributed by atoms with Crippen molar-refractivity contribution >= 4 is 52.2 Å². The minimum Gasteiger partial charge on any atom is -0.381 e. The van der Waals surface area contributed by atoms with Gasteiger partial charge in [0.1, 0.15) is 0 Å². The molecule has 0 bridgehead atoms. The molecule has 1 amide bonds. The Bertz CT molecular complexity index is 686. The van der Waals surface area contributed by atoms with Gasteiger partial charge >= 0.3 is 0 Å². The molecule has 1 aliphatic rings. The SMILES string of the molecule is O=C1CSc2ccc(NCc3cc(Cl)cc(Cl)c3)cc2N1. The second-order valence-corrected chi connectivity index (χ2v) is 6.57. The molecule has 0 aliphatic carbocycles. The molecule has 0 spiro atoms. The zero-order valence-electron chi connectivity index (χ0n) is 11.0. The van der Waals surface area contributed by atoms with Gasteiger partial charge in [-0.2, -0.15) is 0 Å². The summed E-state index contributed by atoms with van der Waals surface area (Å²) in [5, 5.41) is 7.41. The molecule has 3 nitrogen and oxygen atoms in total. The van der Waals surface area contributed by atoms with Crippen LogP contribution < -0.4 is 10.6 Å². The molecule has 0 unspecified atom stereocenters. The van der Waals surface area contributed by atoms with Crippen molar-refractivity contribution in [1.29, 1.82) is 0 Å². The Morgan fingerprint density at radius 1 is 1.14 bits per heavy atom. The van der Waals surface area contributed by atoms with Gasteiger partial charge in [-0.25, -0.2) is 0 Å². The summed E-state index contributed by atoms with van der Waals surface area (Å²) in [7, 11) is 0. The van der Waals surface area contributed by atoms with Gasteiger partial charge in [0.25, 0.3) is 0 Å². The summed E-state index contributed by atoms with van der Waals surface area (Å²) in [5.41, 5.74) is 2.79. The highest BCUT2D eigenvalue weighted by molar-refractivity contribution is 8.00. The number of anilines is 2. The number of carbonyl (C=O) groups excluding carboxylic acids is 1. The molecule has 2 aromatic carbocycles. The minimum absolute atomic E-state index is 0.0336. The van der Waals surface area contributed by atoms with Crippen molar-refractivity contribution in [2.45, 2.75) is 11.4 Å². The summed E-state index contributed by atoms with van der Waals surface area (Å²) < 4.78 is 0. The van der Waals surface area contributed by atoms with E-state index in [1.54, 1.807) is 17.8 Å². The molecular formula is C15H12Cl2N2OS.